The quantitative estimate of drug-likeness (QED) is 0.587. The summed E-state index contributed by atoms with van der Waals surface area (Å²) in [6.45, 7) is 21.1. The maximum Gasteiger partial charge on any atom is 0.397 e. The maximum absolute atomic E-state index is 6.34. The number of benzene rings is 1. The van der Waals surface area contributed by atoms with E-state index in [1.165, 1.54) is 16.7 Å². The molecule has 4 heteroatoms. The largest absolute Gasteiger partial charge is 0.426 e. The predicted molar refractivity (Wildman–Crippen MR) is 102 cm³/mol. The van der Waals surface area contributed by atoms with E-state index in [9.17, 15) is 0 Å². The van der Waals surface area contributed by atoms with Crippen molar-refractivity contribution >= 4 is 8.60 Å². The standard InChI is InChI=1S/C20H33O3P/c1-14-10-15(18(2,3)4)17(16(11-14)19(5,6)7)23-24-21-12-20(8,9)13-22-24/h10-11H,12-13H2,1-9H3. The van der Waals surface area contributed by atoms with Crippen LogP contribution in [0.4, 0.5) is 0 Å². The zero-order valence-electron chi connectivity index (χ0n) is 16.7. The summed E-state index contributed by atoms with van der Waals surface area (Å²) in [4.78, 5) is 0. The molecule has 0 saturated carbocycles. The molecule has 1 aliphatic rings. The Bertz CT molecular complexity index is 549. The second-order valence-electron chi connectivity index (χ2n) is 9.72. The third-order valence-corrected chi connectivity index (χ3v) is 5.15. The molecule has 136 valence electrons. The van der Waals surface area contributed by atoms with Crippen LogP contribution in [0.25, 0.3) is 0 Å². The van der Waals surface area contributed by atoms with Crippen molar-refractivity contribution < 1.29 is 13.6 Å². The molecule has 1 aliphatic heterocycles. The average molecular weight is 352 g/mol. The molecule has 0 amide bonds. The van der Waals surface area contributed by atoms with Gasteiger partial charge in [-0.15, -0.1) is 0 Å². The van der Waals surface area contributed by atoms with Crippen LogP contribution in [0.15, 0.2) is 12.1 Å². The predicted octanol–water partition coefficient (Wildman–Crippen LogP) is 6.27. The van der Waals surface area contributed by atoms with Gasteiger partial charge in [-0.3, -0.25) is 0 Å². The van der Waals surface area contributed by atoms with Gasteiger partial charge < -0.3 is 13.6 Å². The van der Waals surface area contributed by atoms with Crippen molar-refractivity contribution in [2.45, 2.75) is 73.1 Å². The van der Waals surface area contributed by atoms with Crippen LogP contribution in [0.1, 0.15) is 72.1 Å². The molecule has 1 heterocycles. The van der Waals surface area contributed by atoms with Crippen LogP contribution in [0.2, 0.25) is 0 Å². The molecular formula is C20H33O3P. The second-order valence-corrected chi connectivity index (χ2v) is 10.9. The Kier molecular flexibility index (Phi) is 5.41. The van der Waals surface area contributed by atoms with Gasteiger partial charge in [0.1, 0.15) is 5.75 Å². The van der Waals surface area contributed by atoms with E-state index in [2.05, 4.69) is 74.4 Å². The van der Waals surface area contributed by atoms with Crippen LogP contribution in [0, 0.1) is 12.3 Å². The summed E-state index contributed by atoms with van der Waals surface area (Å²) in [5, 5.41) is 0. The lowest BCUT2D eigenvalue weighted by atomic mass is 9.78. The summed E-state index contributed by atoms with van der Waals surface area (Å²) in [5.41, 5.74) is 3.72. The van der Waals surface area contributed by atoms with Gasteiger partial charge in [0.15, 0.2) is 0 Å². The monoisotopic (exact) mass is 352 g/mol. The Labute approximate surface area is 149 Å². The van der Waals surface area contributed by atoms with E-state index in [1.54, 1.807) is 0 Å². The molecule has 1 aromatic rings. The molecule has 0 atom stereocenters. The summed E-state index contributed by atoms with van der Waals surface area (Å²) in [7, 11) is -1.34. The summed E-state index contributed by atoms with van der Waals surface area (Å²) in [5.74, 6) is 0.936. The molecule has 1 fully saturated rings. The topological polar surface area (TPSA) is 27.7 Å². The first-order valence-electron chi connectivity index (χ1n) is 8.69. The van der Waals surface area contributed by atoms with E-state index in [0.29, 0.717) is 13.2 Å². The molecule has 0 N–H and O–H groups in total. The van der Waals surface area contributed by atoms with Gasteiger partial charge in [-0.25, -0.2) is 0 Å². The molecule has 3 nitrogen and oxygen atoms in total. The average Bonchev–Trinajstić information content (AvgIpc) is 2.40. The number of hydrogen-bond donors (Lipinski definition) is 0. The molecule has 0 aliphatic carbocycles. The molecule has 0 radical (unpaired) electrons. The van der Waals surface area contributed by atoms with E-state index in [1.807, 2.05) is 0 Å². The Morgan fingerprint density at radius 1 is 0.917 bits per heavy atom. The van der Waals surface area contributed by atoms with Crippen LogP contribution in [0.5, 0.6) is 5.75 Å². The van der Waals surface area contributed by atoms with Crippen molar-refractivity contribution in [1.82, 2.24) is 0 Å². The Balaban J connectivity index is 2.43. The van der Waals surface area contributed by atoms with Crippen molar-refractivity contribution in [3.8, 4) is 5.75 Å². The Morgan fingerprint density at radius 2 is 1.33 bits per heavy atom. The first-order valence-corrected chi connectivity index (χ1v) is 9.79. The molecule has 0 unspecified atom stereocenters. The fourth-order valence-electron chi connectivity index (χ4n) is 2.65. The van der Waals surface area contributed by atoms with Crippen LogP contribution in [-0.2, 0) is 19.9 Å². The van der Waals surface area contributed by atoms with Crippen molar-refractivity contribution in [3.05, 3.63) is 28.8 Å². The van der Waals surface area contributed by atoms with Gasteiger partial charge in [0, 0.05) is 16.5 Å². The zero-order chi connectivity index (χ0) is 18.3. The third-order valence-electron chi connectivity index (χ3n) is 4.14. The van der Waals surface area contributed by atoms with E-state index < -0.39 is 8.60 Å². The SMILES string of the molecule is Cc1cc(C(C)(C)C)c(OP2OCC(C)(C)CO2)c(C(C)(C)C)c1. The van der Waals surface area contributed by atoms with Crippen molar-refractivity contribution in [3.63, 3.8) is 0 Å². The van der Waals surface area contributed by atoms with Crippen LogP contribution in [0.3, 0.4) is 0 Å². The normalized spacial score (nSPS) is 19.4. The van der Waals surface area contributed by atoms with Gasteiger partial charge in [0.05, 0.1) is 13.2 Å². The smallest absolute Gasteiger partial charge is 0.397 e. The molecule has 2 rings (SSSR count). The van der Waals surface area contributed by atoms with Crippen LogP contribution >= 0.6 is 8.60 Å². The summed E-state index contributed by atoms with van der Waals surface area (Å²) >= 11 is 0. The van der Waals surface area contributed by atoms with Gasteiger partial charge in [-0.05, 0) is 17.8 Å². The highest BCUT2D eigenvalue weighted by atomic mass is 31.2. The molecular weight excluding hydrogens is 319 g/mol. The number of rotatable bonds is 2. The minimum atomic E-state index is -1.34. The maximum atomic E-state index is 6.34. The molecule has 24 heavy (non-hydrogen) atoms. The summed E-state index contributed by atoms with van der Waals surface area (Å²) in [6.07, 6.45) is 0. The van der Waals surface area contributed by atoms with E-state index >= 15 is 0 Å². The van der Waals surface area contributed by atoms with Crippen LogP contribution in [-0.4, -0.2) is 13.2 Å². The van der Waals surface area contributed by atoms with Gasteiger partial charge in [0.25, 0.3) is 0 Å². The highest BCUT2D eigenvalue weighted by molar-refractivity contribution is 7.42. The van der Waals surface area contributed by atoms with Gasteiger partial charge >= 0.3 is 8.60 Å². The van der Waals surface area contributed by atoms with E-state index in [0.717, 1.165) is 5.75 Å². The Hall–Kier alpha value is -0.630. The first kappa shape index (κ1) is 19.7. The van der Waals surface area contributed by atoms with Crippen LogP contribution < -0.4 is 4.52 Å². The second kappa shape index (κ2) is 6.59. The molecule has 1 saturated heterocycles. The van der Waals surface area contributed by atoms with E-state index in [4.69, 9.17) is 13.6 Å². The summed E-state index contributed by atoms with van der Waals surface area (Å²) in [6, 6.07) is 4.46. The zero-order valence-corrected chi connectivity index (χ0v) is 17.6. The van der Waals surface area contributed by atoms with Gasteiger partial charge in [-0.1, -0.05) is 73.1 Å². The highest BCUT2D eigenvalue weighted by Crippen LogP contribution is 2.51. The minimum absolute atomic E-state index is 0.00819. The van der Waals surface area contributed by atoms with Gasteiger partial charge in [0.2, 0.25) is 0 Å². The number of hydrogen-bond acceptors (Lipinski definition) is 3. The number of aryl methyl sites for hydroxylation is 1. The fraction of sp³-hybridized carbons (Fsp3) is 0.700. The third kappa shape index (κ3) is 4.71. The lowest BCUT2D eigenvalue weighted by Crippen LogP contribution is -2.29. The molecule has 0 aromatic heterocycles. The molecule has 0 bridgehead atoms. The lowest BCUT2D eigenvalue weighted by molar-refractivity contribution is 0.0423. The summed E-state index contributed by atoms with van der Waals surface area (Å²) < 4.78 is 18.1. The fourth-order valence-corrected chi connectivity index (χ4v) is 4.08. The minimum Gasteiger partial charge on any atom is -0.426 e. The molecule has 1 aromatic carbocycles. The van der Waals surface area contributed by atoms with Gasteiger partial charge in [-0.2, -0.15) is 0 Å². The Morgan fingerprint density at radius 3 is 1.71 bits per heavy atom. The highest BCUT2D eigenvalue weighted by Gasteiger charge is 2.34. The van der Waals surface area contributed by atoms with Crippen molar-refractivity contribution in [2.75, 3.05) is 13.2 Å². The van der Waals surface area contributed by atoms with Crippen molar-refractivity contribution in [2.24, 2.45) is 5.41 Å². The van der Waals surface area contributed by atoms with Crippen molar-refractivity contribution in [1.29, 1.82) is 0 Å². The van der Waals surface area contributed by atoms with E-state index in [-0.39, 0.29) is 16.2 Å². The lowest BCUT2D eigenvalue weighted by Gasteiger charge is -2.35. The molecule has 0 spiro atoms. The first-order chi connectivity index (χ1) is 10.8.